The molecule has 38 heavy (non-hydrogen) atoms. The van der Waals surface area contributed by atoms with E-state index in [1.165, 1.54) is 18.2 Å². The number of halogens is 3. The summed E-state index contributed by atoms with van der Waals surface area (Å²) in [6.45, 7) is -0.363. The van der Waals surface area contributed by atoms with E-state index in [4.69, 9.17) is 16.3 Å². The lowest BCUT2D eigenvalue weighted by molar-refractivity contribution is -0.384. The van der Waals surface area contributed by atoms with Crippen molar-refractivity contribution in [3.8, 4) is 5.75 Å². The van der Waals surface area contributed by atoms with E-state index >= 15 is 0 Å². The van der Waals surface area contributed by atoms with Crippen LogP contribution in [0.15, 0.2) is 74.5 Å². The maximum Gasteiger partial charge on any atom is 0.294 e. The molecule has 0 aliphatic carbocycles. The molecule has 0 atom stereocenters. The van der Waals surface area contributed by atoms with E-state index in [9.17, 15) is 24.5 Å². The Morgan fingerprint density at radius 3 is 2.50 bits per heavy atom. The highest BCUT2D eigenvalue weighted by Gasteiger charge is 2.36. The number of hydrogen-bond donors (Lipinski definition) is 1. The number of thioether (sulfide) groups is 1. The summed E-state index contributed by atoms with van der Waals surface area (Å²) in [6.07, 6.45) is 1.54. The molecule has 0 aromatic heterocycles. The van der Waals surface area contributed by atoms with Crippen LogP contribution in [-0.4, -0.2) is 33.4 Å². The summed E-state index contributed by atoms with van der Waals surface area (Å²) in [5.74, 6) is -0.692. The number of benzene rings is 3. The third-order valence-electron chi connectivity index (χ3n) is 5.15. The van der Waals surface area contributed by atoms with Crippen LogP contribution >= 0.6 is 55.2 Å². The fourth-order valence-corrected chi connectivity index (χ4v) is 5.87. The molecule has 3 amide bonds. The smallest absolute Gasteiger partial charge is 0.294 e. The number of nitro groups is 1. The first-order chi connectivity index (χ1) is 18.1. The second-order valence-electron chi connectivity index (χ2n) is 7.83. The molecule has 1 fully saturated rings. The van der Waals surface area contributed by atoms with E-state index in [0.29, 0.717) is 36.5 Å². The van der Waals surface area contributed by atoms with Crippen LogP contribution in [0, 0.1) is 10.1 Å². The number of hydrogen-bond acceptors (Lipinski definition) is 7. The molecule has 13 heteroatoms. The van der Waals surface area contributed by atoms with E-state index in [2.05, 4.69) is 37.2 Å². The minimum absolute atomic E-state index is 0.0325. The average Bonchev–Trinajstić information content (AvgIpc) is 3.12. The molecule has 0 radical (unpaired) electrons. The van der Waals surface area contributed by atoms with Crippen molar-refractivity contribution < 1.29 is 24.0 Å². The molecule has 3 aromatic rings. The molecule has 0 unspecified atom stereocenters. The van der Waals surface area contributed by atoms with Crippen LogP contribution in [0.3, 0.4) is 0 Å². The van der Waals surface area contributed by atoms with Crippen molar-refractivity contribution in [1.29, 1.82) is 0 Å². The van der Waals surface area contributed by atoms with E-state index in [1.807, 2.05) is 0 Å². The molecule has 0 bridgehead atoms. The second kappa shape index (κ2) is 12.1. The molecule has 194 valence electrons. The minimum Gasteiger partial charge on any atom is -0.487 e. The first kappa shape index (κ1) is 27.8. The summed E-state index contributed by atoms with van der Waals surface area (Å²) in [5, 5.41) is 13.4. The van der Waals surface area contributed by atoms with E-state index in [0.717, 1.165) is 16.7 Å². The second-order valence-corrected chi connectivity index (χ2v) is 10.9. The van der Waals surface area contributed by atoms with Gasteiger partial charge >= 0.3 is 0 Å². The Morgan fingerprint density at radius 1 is 1.11 bits per heavy atom. The summed E-state index contributed by atoms with van der Waals surface area (Å²) < 4.78 is 6.96. The Hall–Kier alpha value is -3.19. The number of carbonyl (C=O) groups is 3. The summed E-state index contributed by atoms with van der Waals surface area (Å²) in [7, 11) is 0. The first-order valence-electron chi connectivity index (χ1n) is 10.8. The zero-order chi connectivity index (χ0) is 27.4. The van der Waals surface area contributed by atoms with Gasteiger partial charge in [0, 0.05) is 12.1 Å². The van der Waals surface area contributed by atoms with Crippen LogP contribution in [0.5, 0.6) is 5.75 Å². The number of anilines is 1. The zero-order valence-corrected chi connectivity index (χ0v) is 23.9. The molecule has 1 aliphatic heterocycles. The van der Waals surface area contributed by atoms with Crippen molar-refractivity contribution in [2.45, 2.75) is 6.61 Å². The molecule has 9 nitrogen and oxygen atoms in total. The molecule has 1 aliphatic rings. The number of nitrogens with zero attached hydrogens (tertiary/aromatic N) is 2. The average molecular weight is 682 g/mol. The number of imide groups is 1. The molecule has 0 saturated carbocycles. The molecular formula is C25H16Br2ClN3O6S. The Morgan fingerprint density at radius 2 is 1.82 bits per heavy atom. The SMILES string of the molecule is O=C(CN1C(=O)S/C(=C/c2cc(Br)c(OCc3cccc([N+](=O)[O-])c3)c(Br)c2)C1=O)Nc1ccccc1Cl. The van der Waals surface area contributed by atoms with Gasteiger partial charge in [0.2, 0.25) is 5.91 Å². The summed E-state index contributed by atoms with van der Waals surface area (Å²) in [5.41, 5.74) is 1.56. The van der Waals surface area contributed by atoms with Crippen LogP contribution < -0.4 is 10.1 Å². The highest BCUT2D eigenvalue weighted by molar-refractivity contribution is 9.11. The number of nitrogens with one attached hydrogen (secondary N) is 1. The number of nitro benzene ring substituents is 1. The number of non-ortho nitro benzene ring substituents is 1. The summed E-state index contributed by atoms with van der Waals surface area (Å²) in [6, 6.07) is 16.2. The number of para-hydroxylation sites is 1. The Labute approximate surface area is 242 Å². The lowest BCUT2D eigenvalue weighted by atomic mass is 10.2. The van der Waals surface area contributed by atoms with Gasteiger partial charge in [-0.2, -0.15) is 0 Å². The van der Waals surface area contributed by atoms with Gasteiger partial charge in [0.05, 0.1) is 29.5 Å². The number of carbonyl (C=O) groups excluding carboxylic acids is 3. The summed E-state index contributed by atoms with van der Waals surface area (Å²) >= 11 is 13.7. The van der Waals surface area contributed by atoms with Gasteiger partial charge in [-0.3, -0.25) is 29.4 Å². The zero-order valence-electron chi connectivity index (χ0n) is 19.2. The summed E-state index contributed by atoms with van der Waals surface area (Å²) in [4.78, 5) is 49.3. The van der Waals surface area contributed by atoms with Crippen LogP contribution in [0.1, 0.15) is 11.1 Å². The van der Waals surface area contributed by atoms with Crippen LogP contribution in [0.4, 0.5) is 16.2 Å². The number of rotatable bonds is 8. The molecule has 1 saturated heterocycles. The Bertz CT molecular complexity index is 1480. The quantitative estimate of drug-likeness (QED) is 0.154. The van der Waals surface area contributed by atoms with Crippen molar-refractivity contribution >= 4 is 89.7 Å². The Balaban J connectivity index is 1.44. The van der Waals surface area contributed by atoms with Gasteiger partial charge in [-0.25, -0.2) is 0 Å². The highest BCUT2D eigenvalue weighted by Crippen LogP contribution is 2.38. The number of amides is 3. The van der Waals surface area contributed by atoms with Gasteiger partial charge in [-0.05, 0) is 85.1 Å². The lowest BCUT2D eigenvalue weighted by Crippen LogP contribution is -2.36. The maximum absolute atomic E-state index is 12.9. The minimum atomic E-state index is -0.590. The van der Waals surface area contributed by atoms with Crippen LogP contribution in [0.25, 0.3) is 6.08 Å². The van der Waals surface area contributed by atoms with E-state index in [-0.39, 0.29) is 17.2 Å². The van der Waals surface area contributed by atoms with Gasteiger partial charge in [-0.15, -0.1) is 0 Å². The topological polar surface area (TPSA) is 119 Å². The van der Waals surface area contributed by atoms with E-state index < -0.39 is 28.5 Å². The van der Waals surface area contributed by atoms with Crippen LogP contribution in [0.2, 0.25) is 5.02 Å². The highest BCUT2D eigenvalue weighted by atomic mass is 79.9. The molecule has 0 spiro atoms. The third kappa shape index (κ3) is 6.62. The Kier molecular flexibility index (Phi) is 8.87. The van der Waals surface area contributed by atoms with Gasteiger partial charge in [0.1, 0.15) is 18.9 Å². The predicted molar refractivity (Wildman–Crippen MR) is 152 cm³/mol. The third-order valence-corrected chi connectivity index (χ3v) is 7.56. The molecule has 1 N–H and O–H groups in total. The largest absolute Gasteiger partial charge is 0.487 e. The van der Waals surface area contributed by atoms with Crippen LogP contribution in [-0.2, 0) is 16.2 Å². The lowest BCUT2D eigenvalue weighted by Gasteiger charge is -2.13. The molecule has 4 rings (SSSR count). The van der Waals surface area contributed by atoms with E-state index in [1.54, 1.807) is 48.5 Å². The van der Waals surface area contributed by atoms with Gasteiger partial charge in [-0.1, -0.05) is 35.9 Å². The van der Waals surface area contributed by atoms with Crippen molar-refractivity contribution in [3.63, 3.8) is 0 Å². The standard InChI is InChI=1S/C25H16Br2ClN3O6S/c26-17-9-15(10-18(27)23(17)37-13-14-4-3-5-16(8-14)31(35)36)11-21-24(33)30(25(34)38-21)12-22(32)29-20-7-2-1-6-19(20)28/h1-11H,12-13H2,(H,29,32)/b21-11+. The fraction of sp³-hybridized carbons (Fsp3) is 0.0800. The monoisotopic (exact) mass is 679 g/mol. The van der Waals surface area contributed by atoms with Gasteiger partial charge in [0.25, 0.3) is 16.8 Å². The van der Waals surface area contributed by atoms with Gasteiger partial charge < -0.3 is 10.1 Å². The molecule has 1 heterocycles. The van der Waals surface area contributed by atoms with Crippen molar-refractivity contribution in [1.82, 2.24) is 4.90 Å². The predicted octanol–water partition coefficient (Wildman–Crippen LogP) is 7.03. The molecular weight excluding hydrogens is 666 g/mol. The van der Waals surface area contributed by atoms with Crippen molar-refractivity contribution in [2.24, 2.45) is 0 Å². The fourth-order valence-electron chi connectivity index (χ4n) is 3.40. The van der Waals surface area contributed by atoms with Crippen molar-refractivity contribution in [3.05, 3.63) is 101 Å². The van der Waals surface area contributed by atoms with Crippen molar-refractivity contribution in [2.75, 3.05) is 11.9 Å². The first-order valence-corrected chi connectivity index (χ1v) is 13.6. The maximum atomic E-state index is 12.9. The normalized spacial score (nSPS) is 14.2. The molecule has 3 aromatic carbocycles. The van der Waals surface area contributed by atoms with Gasteiger partial charge in [0.15, 0.2) is 0 Å². The number of ether oxygens (including phenoxy) is 1.